The van der Waals surface area contributed by atoms with E-state index < -0.39 is 11.4 Å². The van der Waals surface area contributed by atoms with Crippen molar-refractivity contribution in [1.29, 1.82) is 0 Å². The first-order chi connectivity index (χ1) is 8.21. The molecular formula is C15H25ClO2. The predicted octanol–water partition coefficient (Wildman–Crippen LogP) is 4.83. The molecule has 1 fully saturated rings. The van der Waals surface area contributed by atoms with Gasteiger partial charge in [0.15, 0.2) is 0 Å². The van der Waals surface area contributed by atoms with E-state index >= 15 is 0 Å². The van der Waals surface area contributed by atoms with Crippen molar-refractivity contribution in [2.24, 2.45) is 16.7 Å². The van der Waals surface area contributed by atoms with Gasteiger partial charge in [0.25, 0.3) is 0 Å². The Hall–Kier alpha value is -0.500. The molecule has 18 heavy (non-hydrogen) atoms. The first-order valence-electron chi connectivity index (χ1n) is 6.70. The van der Waals surface area contributed by atoms with Crippen LogP contribution in [0.3, 0.4) is 0 Å². The summed E-state index contributed by atoms with van der Waals surface area (Å²) < 4.78 is 0. The summed E-state index contributed by atoms with van der Waals surface area (Å²) >= 11 is 5.68. The Bertz CT molecular complexity index is 331. The van der Waals surface area contributed by atoms with Crippen molar-refractivity contribution < 1.29 is 9.90 Å². The van der Waals surface area contributed by atoms with Crippen LogP contribution < -0.4 is 0 Å². The Kier molecular flexibility index (Phi) is 4.88. The van der Waals surface area contributed by atoms with Crippen molar-refractivity contribution in [3.8, 4) is 0 Å². The molecule has 0 saturated heterocycles. The summed E-state index contributed by atoms with van der Waals surface area (Å²) in [5.41, 5.74) is 2.17. The lowest BCUT2D eigenvalue weighted by Gasteiger charge is -2.42. The van der Waals surface area contributed by atoms with E-state index in [9.17, 15) is 9.90 Å². The molecule has 0 radical (unpaired) electrons. The number of hydrogen-bond acceptors (Lipinski definition) is 1. The highest BCUT2D eigenvalue weighted by atomic mass is 35.5. The zero-order valence-electron chi connectivity index (χ0n) is 11.9. The van der Waals surface area contributed by atoms with Gasteiger partial charge in [-0.2, -0.15) is 0 Å². The van der Waals surface area contributed by atoms with Crippen molar-refractivity contribution >= 4 is 17.6 Å². The molecule has 3 heteroatoms. The molecule has 0 aromatic heterocycles. The molecule has 0 spiro atoms. The minimum Gasteiger partial charge on any atom is -0.481 e. The summed E-state index contributed by atoms with van der Waals surface area (Å²) in [6.45, 7) is 8.65. The summed E-state index contributed by atoms with van der Waals surface area (Å²) in [5.74, 6) is -0.0296. The van der Waals surface area contributed by atoms with E-state index in [-0.39, 0.29) is 5.41 Å². The molecule has 0 aliphatic heterocycles. The number of hydrogen-bond donors (Lipinski definition) is 1. The van der Waals surface area contributed by atoms with Crippen LogP contribution in [0, 0.1) is 16.7 Å². The maximum Gasteiger partial charge on any atom is 0.309 e. The summed E-state index contributed by atoms with van der Waals surface area (Å²) in [7, 11) is 0. The van der Waals surface area contributed by atoms with Gasteiger partial charge in [-0.3, -0.25) is 4.79 Å². The second kappa shape index (κ2) is 5.64. The first-order valence-corrected chi connectivity index (χ1v) is 7.14. The lowest BCUT2D eigenvalue weighted by atomic mass is 9.62. The van der Waals surface area contributed by atoms with Crippen LogP contribution in [-0.2, 0) is 4.79 Å². The standard InChI is InChI=1S/C15H25ClO2/c1-11(10-16)9-15(13(17)18)7-5-12(6-8-15)14(2,3)4/h10,12H,5-9H2,1-4H3,(H,17,18). The molecule has 2 nitrogen and oxygen atoms in total. The fourth-order valence-corrected chi connectivity index (χ4v) is 3.15. The maximum absolute atomic E-state index is 11.6. The second-order valence-corrected chi connectivity index (χ2v) is 7.08. The van der Waals surface area contributed by atoms with Crippen molar-refractivity contribution in [1.82, 2.24) is 0 Å². The molecular weight excluding hydrogens is 248 g/mol. The smallest absolute Gasteiger partial charge is 0.309 e. The van der Waals surface area contributed by atoms with Crippen LogP contribution in [0.1, 0.15) is 59.8 Å². The molecule has 1 saturated carbocycles. The van der Waals surface area contributed by atoms with Gasteiger partial charge >= 0.3 is 5.97 Å². The highest BCUT2D eigenvalue weighted by Gasteiger charge is 2.43. The summed E-state index contributed by atoms with van der Waals surface area (Å²) in [5, 5.41) is 9.55. The predicted molar refractivity (Wildman–Crippen MR) is 75.7 cm³/mol. The highest BCUT2D eigenvalue weighted by molar-refractivity contribution is 6.25. The van der Waals surface area contributed by atoms with Crippen molar-refractivity contribution in [3.63, 3.8) is 0 Å². The van der Waals surface area contributed by atoms with Crippen LogP contribution in [0.2, 0.25) is 0 Å². The first kappa shape index (κ1) is 15.6. The summed E-state index contributed by atoms with van der Waals surface area (Å²) in [6, 6.07) is 0. The molecule has 1 N–H and O–H groups in total. The Morgan fingerprint density at radius 1 is 1.39 bits per heavy atom. The molecule has 0 unspecified atom stereocenters. The lowest BCUT2D eigenvalue weighted by Crippen LogP contribution is -2.38. The molecule has 1 aliphatic rings. The van der Waals surface area contributed by atoms with Crippen LogP contribution >= 0.6 is 11.6 Å². The lowest BCUT2D eigenvalue weighted by molar-refractivity contribution is -0.152. The van der Waals surface area contributed by atoms with Gasteiger partial charge in [0.05, 0.1) is 5.41 Å². The minimum atomic E-state index is -0.660. The third kappa shape index (κ3) is 3.50. The number of halogens is 1. The highest BCUT2D eigenvalue weighted by Crippen LogP contribution is 2.48. The maximum atomic E-state index is 11.6. The van der Waals surface area contributed by atoms with E-state index in [1.807, 2.05) is 6.92 Å². The van der Waals surface area contributed by atoms with Crippen LogP contribution in [0.5, 0.6) is 0 Å². The second-order valence-electron chi connectivity index (χ2n) is 6.86. The van der Waals surface area contributed by atoms with Crippen LogP contribution in [-0.4, -0.2) is 11.1 Å². The molecule has 0 aromatic rings. The molecule has 104 valence electrons. The van der Waals surface area contributed by atoms with E-state index in [0.29, 0.717) is 12.3 Å². The minimum absolute atomic E-state index is 0.280. The monoisotopic (exact) mass is 272 g/mol. The fourth-order valence-electron chi connectivity index (χ4n) is 3.07. The van der Waals surface area contributed by atoms with Gasteiger partial charge < -0.3 is 5.11 Å². The summed E-state index contributed by atoms with van der Waals surface area (Å²) in [4.78, 5) is 11.6. The number of allylic oxidation sites excluding steroid dienone is 1. The zero-order valence-corrected chi connectivity index (χ0v) is 12.7. The third-order valence-electron chi connectivity index (χ3n) is 4.42. The Morgan fingerprint density at radius 3 is 2.22 bits per heavy atom. The van der Waals surface area contributed by atoms with Gasteiger partial charge in [-0.15, -0.1) is 0 Å². The van der Waals surface area contributed by atoms with Crippen LogP contribution in [0.4, 0.5) is 0 Å². The van der Waals surface area contributed by atoms with E-state index in [2.05, 4.69) is 20.8 Å². The summed E-state index contributed by atoms with van der Waals surface area (Å²) in [6.07, 6.45) is 4.14. The van der Waals surface area contributed by atoms with Gasteiger partial charge in [0.1, 0.15) is 0 Å². The van der Waals surface area contributed by atoms with E-state index in [1.165, 1.54) is 5.54 Å². The van der Waals surface area contributed by atoms with E-state index in [1.54, 1.807) is 0 Å². The Morgan fingerprint density at radius 2 is 1.89 bits per heavy atom. The number of carboxylic acid groups (broad SMARTS) is 1. The Labute approximate surface area is 115 Å². The van der Waals surface area contributed by atoms with E-state index in [4.69, 9.17) is 11.6 Å². The van der Waals surface area contributed by atoms with Crippen molar-refractivity contribution in [3.05, 3.63) is 11.1 Å². The Balaban J connectivity index is 2.78. The third-order valence-corrected chi connectivity index (χ3v) is 4.80. The van der Waals surface area contributed by atoms with Gasteiger partial charge in [0, 0.05) is 5.54 Å². The molecule has 0 heterocycles. The van der Waals surface area contributed by atoms with Gasteiger partial charge in [0.2, 0.25) is 0 Å². The SMILES string of the molecule is CC(=CCl)CC1(C(=O)O)CCC(C(C)(C)C)CC1. The normalized spacial score (nSPS) is 30.3. The number of rotatable bonds is 3. The van der Waals surface area contributed by atoms with Gasteiger partial charge in [-0.05, 0) is 50.4 Å². The quantitative estimate of drug-likeness (QED) is 0.799. The number of carbonyl (C=O) groups is 1. The fraction of sp³-hybridized carbons (Fsp3) is 0.800. The van der Waals surface area contributed by atoms with Crippen LogP contribution in [0.25, 0.3) is 0 Å². The van der Waals surface area contributed by atoms with Crippen molar-refractivity contribution in [2.75, 3.05) is 0 Å². The molecule has 0 aromatic carbocycles. The molecule has 0 bridgehead atoms. The number of aliphatic carboxylic acids is 1. The molecule has 0 atom stereocenters. The zero-order chi connectivity index (χ0) is 14.0. The van der Waals surface area contributed by atoms with E-state index in [0.717, 1.165) is 31.3 Å². The van der Waals surface area contributed by atoms with Gasteiger partial charge in [-0.1, -0.05) is 37.9 Å². The average Bonchev–Trinajstić information content (AvgIpc) is 2.28. The molecule has 0 amide bonds. The average molecular weight is 273 g/mol. The molecule has 1 rings (SSSR count). The van der Waals surface area contributed by atoms with Crippen LogP contribution in [0.15, 0.2) is 11.1 Å². The topological polar surface area (TPSA) is 37.3 Å². The number of carboxylic acids is 1. The molecule has 1 aliphatic carbocycles. The van der Waals surface area contributed by atoms with Gasteiger partial charge in [-0.25, -0.2) is 0 Å². The van der Waals surface area contributed by atoms with Crippen molar-refractivity contribution in [2.45, 2.75) is 59.8 Å². The largest absolute Gasteiger partial charge is 0.481 e.